The topological polar surface area (TPSA) is 42.2 Å². The molecule has 2 N–H and O–H groups in total. The van der Waals surface area contributed by atoms with Gasteiger partial charge >= 0.3 is 0 Å². The van der Waals surface area contributed by atoms with Gasteiger partial charge in [-0.3, -0.25) is 0 Å². The fourth-order valence-electron chi connectivity index (χ4n) is 1.49. The van der Waals surface area contributed by atoms with Crippen molar-refractivity contribution in [2.45, 2.75) is 6.54 Å². The highest BCUT2D eigenvalue weighted by atomic mass is 32.1. The minimum Gasteiger partial charge on any atom is -0.397 e. The molecule has 0 amide bonds. The van der Waals surface area contributed by atoms with E-state index in [1.165, 1.54) is 12.1 Å². The first-order valence-corrected chi connectivity index (χ1v) is 5.74. The maximum atomic E-state index is 13.1. The zero-order valence-electron chi connectivity index (χ0n) is 8.85. The summed E-state index contributed by atoms with van der Waals surface area (Å²) in [5.41, 5.74) is 9.78. The molecule has 1 aromatic carbocycles. The molecule has 0 saturated carbocycles. The van der Waals surface area contributed by atoms with Crippen molar-refractivity contribution in [1.82, 2.24) is 4.98 Å². The Morgan fingerprint density at radius 2 is 2.31 bits per heavy atom. The molecule has 0 spiro atoms. The fraction of sp³-hybridized carbons (Fsp3) is 0.182. The standard InChI is InChI=1S/C11H12FN3S/c1-15(5-9-6-16-7-14-9)11-4-8(12)2-3-10(11)13/h2-4,6-7H,5,13H2,1H3. The lowest BCUT2D eigenvalue weighted by Gasteiger charge is -2.19. The summed E-state index contributed by atoms with van der Waals surface area (Å²) in [6.07, 6.45) is 0. The van der Waals surface area contributed by atoms with Crippen LogP contribution in [0.1, 0.15) is 5.69 Å². The molecule has 0 radical (unpaired) electrons. The van der Waals surface area contributed by atoms with Crippen LogP contribution in [0, 0.1) is 5.82 Å². The summed E-state index contributed by atoms with van der Waals surface area (Å²) in [7, 11) is 1.87. The lowest BCUT2D eigenvalue weighted by atomic mass is 10.2. The zero-order valence-corrected chi connectivity index (χ0v) is 9.67. The Labute approximate surface area is 97.3 Å². The van der Waals surface area contributed by atoms with Crippen LogP contribution in [0.2, 0.25) is 0 Å². The Hall–Kier alpha value is -1.62. The largest absolute Gasteiger partial charge is 0.397 e. The number of halogens is 1. The number of benzene rings is 1. The van der Waals surface area contributed by atoms with E-state index in [0.717, 1.165) is 5.69 Å². The van der Waals surface area contributed by atoms with Crippen molar-refractivity contribution in [2.24, 2.45) is 0 Å². The van der Waals surface area contributed by atoms with E-state index < -0.39 is 0 Å². The quantitative estimate of drug-likeness (QED) is 0.834. The third-order valence-electron chi connectivity index (χ3n) is 2.29. The summed E-state index contributed by atoms with van der Waals surface area (Å²) >= 11 is 1.54. The second-order valence-corrected chi connectivity index (χ2v) is 4.26. The molecule has 5 heteroatoms. The van der Waals surface area contributed by atoms with E-state index in [-0.39, 0.29) is 5.82 Å². The van der Waals surface area contributed by atoms with Gasteiger partial charge in [0.15, 0.2) is 0 Å². The second kappa shape index (κ2) is 4.49. The summed E-state index contributed by atoms with van der Waals surface area (Å²) in [6, 6.07) is 4.36. The molecular formula is C11H12FN3S. The molecule has 1 aromatic heterocycles. The third kappa shape index (κ3) is 2.30. The molecule has 3 nitrogen and oxygen atoms in total. The van der Waals surface area contributed by atoms with E-state index in [1.54, 1.807) is 22.9 Å². The van der Waals surface area contributed by atoms with Crippen molar-refractivity contribution in [3.05, 3.63) is 40.6 Å². The van der Waals surface area contributed by atoms with Crippen molar-refractivity contribution in [2.75, 3.05) is 17.7 Å². The minimum absolute atomic E-state index is 0.283. The molecule has 16 heavy (non-hydrogen) atoms. The van der Waals surface area contributed by atoms with E-state index in [4.69, 9.17) is 5.73 Å². The lowest BCUT2D eigenvalue weighted by molar-refractivity contribution is 0.627. The minimum atomic E-state index is -0.283. The maximum absolute atomic E-state index is 13.1. The average molecular weight is 237 g/mol. The van der Waals surface area contributed by atoms with Gasteiger partial charge in [-0.1, -0.05) is 0 Å². The normalized spacial score (nSPS) is 10.4. The Morgan fingerprint density at radius 3 is 3.00 bits per heavy atom. The maximum Gasteiger partial charge on any atom is 0.125 e. The number of rotatable bonds is 3. The van der Waals surface area contributed by atoms with Gasteiger partial charge in [0.1, 0.15) is 5.82 Å². The molecule has 0 bridgehead atoms. The summed E-state index contributed by atoms with van der Waals surface area (Å²) in [5, 5.41) is 1.96. The number of hydrogen-bond acceptors (Lipinski definition) is 4. The van der Waals surface area contributed by atoms with Gasteiger partial charge in [0.05, 0.1) is 29.1 Å². The molecule has 0 fully saturated rings. The first kappa shape index (κ1) is 10.9. The zero-order chi connectivity index (χ0) is 11.5. The van der Waals surface area contributed by atoms with E-state index in [1.807, 2.05) is 17.3 Å². The summed E-state index contributed by atoms with van der Waals surface area (Å²) in [6.45, 7) is 0.622. The monoisotopic (exact) mass is 237 g/mol. The Balaban J connectivity index is 2.20. The number of aromatic nitrogens is 1. The van der Waals surface area contributed by atoms with Gasteiger partial charge in [-0.05, 0) is 18.2 Å². The van der Waals surface area contributed by atoms with Crippen LogP contribution in [0.3, 0.4) is 0 Å². The van der Waals surface area contributed by atoms with Crippen LogP contribution in [0.15, 0.2) is 29.1 Å². The van der Waals surface area contributed by atoms with Gasteiger partial charge < -0.3 is 10.6 Å². The molecule has 0 aliphatic carbocycles. The van der Waals surface area contributed by atoms with Gasteiger partial charge in [0.25, 0.3) is 0 Å². The van der Waals surface area contributed by atoms with Crippen molar-refractivity contribution in [3.63, 3.8) is 0 Å². The molecular weight excluding hydrogens is 225 g/mol. The molecule has 0 unspecified atom stereocenters. The van der Waals surface area contributed by atoms with Crippen LogP contribution in [-0.4, -0.2) is 12.0 Å². The first-order valence-electron chi connectivity index (χ1n) is 4.80. The smallest absolute Gasteiger partial charge is 0.125 e. The second-order valence-electron chi connectivity index (χ2n) is 3.54. The van der Waals surface area contributed by atoms with Crippen molar-refractivity contribution >= 4 is 22.7 Å². The van der Waals surface area contributed by atoms with Gasteiger partial charge in [0.2, 0.25) is 0 Å². The molecule has 0 saturated heterocycles. The summed E-state index contributed by atoms with van der Waals surface area (Å²) < 4.78 is 13.1. The fourth-order valence-corrected chi connectivity index (χ4v) is 2.04. The highest BCUT2D eigenvalue weighted by molar-refractivity contribution is 7.07. The molecule has 0 aliphatic rings. The lowest BCUT2D eigenvalue weighted by Crippen LogP contribution is -2.18. The highest BCUT2D eigenvalue weighted by Gasteiger charge is 2.08. The Morgan fingerprint density at radius 1 is 1.50 bits per heavy atom. The number of thiazole rings is 1. The van der Waals surface area contributed by atoms with Gasteiger partial charge in [-0.15, -0.1) is 11.3 Å². The summed E-state index contributed by atoms with van der Waals surface area (Å²) in [5.74, 6) is -0.283. The van der Waals surface area contributed by atoms with Crippen LogP contribution in [0.5, 0.6) is 0 Å². The van der Waals surface area contributed by atoms with E-state index in [0.29, 0.717) is 17.9 Å². The van der Waals surface area contributed by atoms with Crippen LogP contribution < -0.4 is 10.6 Å². The average Bonchev–Trinajstić information content (AvgIpc) is 2.74. The van der Waals surface area contributed by atoms with E-state index >= 15 is 0 Å². The Kier molecular flexibility index (Phi) is 3.05. The molecule has 84 valence electrons. The van der Waals surface area contributed by atoms with Gasteiger partial charge in [-0.2, -0.15) is 0 Å². The number of nitrogens with zero attached hydrogens (tertiary/aromatic N) is 2. The van der Waals surface area contributed by atoms with Crippen molar-refractivity contribution < 1.29 is 4.39 Å². The molecule has 0 atom stereocenters. The van der Waals surface area contributed by atoms with Crippen LogP contribution >= 0.6 is 11.3 Å². The number of nitrogen functional groups attached to an aromatic ring is 1. The first-order chi connectivity index (χ1) is 7.66. The predicted octanol–water partition coefficient (Wildman–Crippen LogP) is 2.50. The third-order valence-corrected chi connectivity index (χ3v) is 2.92. The van der Waals surface area contributed by atoms with Crippen molar-refractivity contribution in [3.8, 4) is 0 Å². The number of anilines is 2. The van der Waals surface area contributed by atoms with Gasteiger partial charge in [-0.25, -0.2) is 9.37 Å². The van der Waals surface area contributed by atoms with E-state index in [2.05, 4.69) is 4.98 Å². The van der Waals surface area contributed by atoms with Crippen LogP contribution in [0.25, 0.3) is 0 Å². The summed E-state index contributed by atoms with van der Waals surface area (Å²) in [4.78, 5) is 6.06. The SMILES string of the molecule is CN(Cc1cscn1)c1cc(F)ccc1N. The number of hydrogen-bond donors (Lipinski definition) is 1. The molecule has 0 aliphatic heterocycles. The van der Waals surface area contributed by atoms with Crippen molar-refractivity contribution in [1.29, 1.82) is 0 Å². The van der Waals surface area contributed by atoms with Gasteiger partial charge in [0, 0.05) is 12.4 Å². The number of nitrogens with two attached hydrogens (primary N) is 1. The molecule has 2 rings (SSSR count). The predicted molar refractivity (Wildman–Crippen MR) is 65.0 cm³/mol. The molecule has 2 aromatic rings. The van der Waals surface area contributed by atoms with E-state index in [9.17, 15) is 4.39 Å². The Bertz CT molecular complexity index is 470. The van der Waals surface area contributed by atoms with Crippen LogP contribution in [-0.2, 0) is 6.54 Å². The molecule has 1 heterocycles. The highest BCUT2D eigenvalue weighted by Crippen LogP contribution is 2.24. The van der Waals surface area contributed by atoms with Crippen LogP contribution in [0.4, 0.5) is 15.8 Å².